The van der Waals surface area contributed by atoms with Gasteiger partial charge in [0.05, 0.1) is 17.6 Å². The van der Waals surface area contributed by atoms with Crippen molar-refractivity contribution in [1.29, 1.82) is 0 Å². The molecule has 3 nitrogen and oxygen atoms in total. The molecule has 1 aliphatic carbocycles. The second-order valence-corrected chi connectivity index (χ2v) is 6.67. The van der Waals surface area contributed by atoms with Crippen molar-refractivity contribution in [3.63, 3.8) is 0 Å². The first-order chi connectivity index (χ1) is 9.65. The molecule has 1 aromatic heterocycles. The maximum atomic E-state index is 4.62. The monoisotopic (exact) mass is 333 g/mol. The Kier molecular flexibility index (Phi) is 3.94. The van der Waals surface area contributed by atoms with Crippen molar-refractivity contribution >= 4 is 15.9 Å². The van der Waals surface area contributed by atoms with Gasteiger partial charge in [0.1, 0.15) is 0 Å². The van der Waals surface area contributed by atoms with Gasteiger partial charge in [0.2, 0.25) is 0 Å². The molecule has 0 saturated heterocycles. The summed E-state index contributed by atoms with van der Waals surface area (Å²) in [6.07, 6.45) is 4.59. The molecule has 2 aromatic rings. The molecule has 1 heterocycles. The average molecular weight is 334 g/mol. The molecule has 3 rings (SSSR count). The van der Waals surface area contributed by atoms with Crippen molar-refractivity contribution < 1.29 is 0 Å². The lowest BCUT2D eigenvalue weighted by atomic mass is 10.1. The molecule has 0 atom stereocenters. The fourth-order valence-electron chi connectivity index (χ4n) is 2.45. The van der Waals surface area contributed by atoms with Crippen LogP contribution >= 0.6 is 15.9 Å². The molecule has 0 amide bonds. The number of benzene rings is 1. The first-order valence-electron chi connectivity index (χ1n) is 7.21. The molecular formula is C16H20BrN3. The third-order valence-electron chi connectivity index (χ3n) is 3.60. The number of nitrogens with zero attached hydrogens (tertiary/aromatic N) is 2. The van der Waals surface area contributed by atoms with Crippen LogP contribution in [-0.4, -0.2) is 15.8 Å². The van der Waals surface area contributed by atoms with E-state index in [1.165, 1.54) is 24.1 Å². The van der Waals surface area contributed by atoms with Crippen molar-refractivity contribution in [2.24, 2.45) is 0 Å². The highest BCUT2D eigenvalue weighted by Gasteiger charge is 2.30. The fourth-order valence-corrected chi connectivity index (χ4v) is 2.83. The summed E-state index contributed by atoms with van der Waals surface area (Å²) in [4.78, 5) is 0. The number of hydrogen-bond donors (Lipinski definition) is 1. The normalized spacial score (nSPS) is 15.0. The lowest BCUT2D eigenvalue weighted by Crippen LogP contribution is -2.22. The van der Waals surface area contributed by atoms with Crippen LogP contribution in [0, 0.1) is 0 Å². The molecule has 0 unspecified atom stereocenters. The number of halogens is 1. The molecular weight excluding hydrogens is 314 g/mol. The third-order valence-corrected chi connectivity index (χ3v) is 4.10. The van der Waals surface area contributed by atoms with Crippen LogP contribution < -0.4 is 5.32 Å². The molecule has 0 spiro atoms. The Labute approximate surface area is 128 Å². The van der Waals surface area contributed by atoms with Crippen LogP contribution in [0.5, 0.6) is 0 Å². The van der Waals surface area contributed by atoms with Gasteiger partial charge < -0.3 is 5.32 Å². The van der Waals surface area contributed by atoms with Gasteiger partial charge in [-0.25, -0.2) is 4.68 Å². The summed E-state index contributed by atoms with van der Waals surface area (Å²) in [5.74, 6) is 0.681. The van der Waals surface area contributed by atoms with Gasteiger partial charge in [0.15, 0.2) is 0 Å². The summed E-state index contributed by atoms with van der Waals surface area (Å²) in [6.45, 7) is 5.25. The Morgan fingerprint density at radius 1 is 1.40 bits per heavy atom. The van der Waals surface area contributed by atoms with Crippen molar-refractivity contribution in [3.8, 4) is 5.69 Å². The van der Waals surface area contributed by atoms with E-state index in [4.69, 9.17) is 0 Å². The predicted molar refractivity (Wildman–Crippen MR) is 85.2 cm³/mol. The molecule has 1 fully saturated rings. The Morgan fingerprint density at radius 2 is 2.20 bits per heavy atom. The molecule has 20 heavy (non-hydrogen) atoms. The minimum Gasteiger partial charge on any atom is -0.310 e. The first kappa shape index (κ1) is 13.8. The smallest absolute Gasteiger partial charge is 0.0660 e. The number of aromatic nitrogens is 2. The van der Waals surface area contributed by atoms with Crippen LogP contribution in [0.2, 0.25) is 0 Å². The maximum Gasteiger partial charge on any atom is 0.0660 e. The van der Waals surface area contributed by atoms with Gasteiger partial charge in [-0.3, -0.25) is 0 Å². The molecule has 1 aromatic carbocycles. The maximum absolute atomic E-state index is 4.62. The second-order valence-electron chi connectivity index (χ2n) is 5.76. The summed E-state index contributed by atoms with van der Waals surface area (Å²) in [5, 5.41) is 8.12. The minimum atomic E-state index is 0.497. The first-order valence-corrected chi connectivity index (χ1v) is 8.00. The van der Waals surface area contributed by atoms with Crippen molar-refractivity contribution in [3.05, 3.63) is 46.2 Å². The molecule has 0 bridgehead atoms. The van der Waals surface area contributed by atoms with Crippen LogP contribution in [0.25, 0.3) is 5.69 Å². The van der Waals surface area contributed by atoms with E-state index in [0.29, 0.717) is 12.0 Å². The van der Waals surface area contributed by atoms with E-state index < -0.39 is 0 Å². The number of hydrogen-bond acceptors (Lipinski definition) is 2. The Morgan fingerprint density at radius 3 is 2.85 bits per heavy atom. The van der Waals surface area contributed by atoms with Gasteiger partial charge in [-0.1, -0.05) is 35.8 Å². The fraction of sp³-hybridized carbons (Fsp3) is 0.438. The molecule has 1 saturated carbocycles. The molecule has 1 aliphatic rings. The van der Waals surface area contributed by atoms with E-state index in [0.717, 1.165) is 16.7 Å². The molecule has 4 heteroatoms. The lowest BCUT2D eigenvalue weighted by Gasteiger charge is -2.11. The zero-order valence-corrected chi connectivity index (χ0v) is 13.5. The summed E-state index contributed by atoms with van der Waals surface area (Å²) in [7, 11) is 0. The van der Waals surface area contributed by atoms with E-state index in [9.17, 15) is 0 Å². The highest BCUT2D eigenvalue weighted by molar-refractivity contribution is 9.10. The molecule has 0 aliphatic heterocycles. The largest absolute Gasteiger partial charge is 0.310 e. The second kappa shape index (κ2) is 5.70. The molecule has 106 valence electrons. The molecule has 1 N–H and O–H groups in total. The van der Waals surface area contributed by atoms with E-state index >= 15 is 0 Å². The van der Waals surface area contributed by atoms with E-state index in [1.54, 1.807) is 0 Å². The van der Waals surface area contributed by atoms with Gasteiger partial charge in [0, 0.05) is 28.5 Å². The Bertz CT molecular complexity index is 600. The van der Waals surface area contributed by atoms with E-state index in [1.807, 2.05) is 12.3 Å². The SMILES string of the molecule is CC(C)NCc1cnn(-c2cccc(Br)c2)c1C1CC1. The number of nitrogens with one attached hydrogen (secondary N) is 1. The topological polar surface area (TPSA) is 29.9 Å². The highest BCUT2D eigenvalue weighted by Crippen LogP contribution is 2.42. The van der Waals surface area contributed by atoms with E-state index in [-0.39, 0.29) is 0 Å². The van der Waals surface area contributed by atoms with E-state index in [2.05, 4.69) is 63.1 Å². The lowest BCUT2D eigenvalue weighted by molar-refractivity contribution is 0.585. The third kappa shape index (κ3) is 2.96. The van der Waals surface area contributed by atoms with Crippen LogP contribution in [0.3, 0.4) is 0 Å². The quantitative estimate of drug-likeness (QED) is 0.895. The predicted octanol–water partition coefficient (Wildman–Crippen LogP) is 4.01. The van der Waals surface area contributed by atoms with Gasteiger partial charge in [0.25, 0.3) is 0 Å². The van der Waals surface area contributed by atoms with Crippen LogP contribution in [0.4, 0.5) is 0 Å². The summed E-state index contributed by atoms with van der Waals surface area (Å²) in [5.41, 5.74) is 3.86. The van der Waals surface area contributed by atoms with Gasteiger partial charge >= 0.3 is 0 Å². The number of rotatable bonds is 5. The van der Waals surface area contributed by atoms with Crippen molar-refractivity contribution in [2.45, 2.75) is 45.2 Å². The zero-order chi connectivity index (χ0) is 14.1. The van der Waals surface area contributed by atoms with Crippen molar-refractivity contribution in [2.75, 3.05) is 0 Å². The van der Waals surface area contributed by atoms with Gasteiger partial charge in [-0.15, -0.1) is 0 Å². The Balaban J connectivity index is 1.95. The molecule has 0 radical (unpaired) electrons. The standard InChI is InChI=1S/C16H20BrN3/c1-11(2)18-9-13-10-19-20(16(13)12-6-7-12)15-5-3-4-14(17)8-15/h3-5,8,10-12,18H,6-7,9H2,1-2H3. The zero-order valence-electron chi connectivity index (χ0n) is 11.9. The van der Waals surface area contributed by atoms with Crippen molar-refractivity contribution in [1.82, 2.24) is 15.1 Å². The summed E-state index contributed by atoms with van der Waals surface area (Å²) < 4.78 is 3.20. The van der Waals surface area contributed by atoms with Crippen LogP contribution in [0.15, 0.2) is 34.9 Å². The van der Waals surface area contributed by atoms with Gasteiger partial charge in [-0.05, 0) is 31.0 Å². The van der Waals surface area contributed by atoms with Crippen LogP contribution in [0.1, 0.15) is 43.9 Å². The highest BCUT2D eigenvalue weighted by atomic mass is 79.9. The van der Waals surface area contributed by atoms with Crippen LogP contribution in [-0.2, 0) is 6.54 Å². The average Bonchev–Trinajstić information content (AvgIpc) is 3.16. The van der Waals surface area contributed by atoms with Gasteiger partial charge in [-0.2, -0.15) is 5.10 Å². The summed E-state index contributed by atoms with van der Waals surface area (Å²) >= 11 is 3.54. The minimum absolute atomic E-state index is 0.497. The Hall–Kier alpha value is -1.13. The summed E-state index contributed by atoms with van der Waals surface area (Å²) in [6, 6.07) is 8.84.